The zero-order chi connectivity index (χ0) is 9.52. The third-order valence-corrected chi connectivity index (χ3v) is 3.57. The fourth-order valence-corrected chi connectivity index (χ4v) is 2.93. The van der Waals surface area contributed by atoms with Crippen molar-refractivity contribution in [2.45, 2.75) is 38.6 Å². The Morgan fingerprint density at radius 2 is 2.15 bits per heavy atom. The molecule has 0 amide bonds. The largest absolute Gasteiger partial charge is 0.327 e. The van der Waals surface area contributed by atoms with Crippen LogP contribution in [0.2, 0.25) is 0 Å². The molecule has 0 bridgehead atoms. The minimum absolute atomic E-state index is 0.306. The molecule has 0 aromatic rings. The van der Waals surface area contributed by atoms with E-state index in [1.54, 1.807) is 0 Å². The first-order valence-electron chi connectivity index (χ1n) is 5.06. The van der Waals surface area contributed by atoms with Crippen molar-refractivity contribution in [1.29, 1.82) is 0 Å². The van der Waals surface area contributed by atoms with E-state index >= 15 is 0 Å². The molecule has 1 aliphatic heterocycles. The second kappa shape index (κ2) is 6.34. The minimum Gasteiger partial charge on any atom is -0.327 e. The predicted octanol–water partition coefficient (Wildman–Crippen LogP) is 2.26. The van der Waals surface area contributed by atoms with Gasteiger partial charge in [0, 0.05) is 12.5 Å². The SMILES string of the molecule is CC#CCC(N)CC1CCSCC1. The Morgan fingerprint density at radius 1 is 1.46 bits per heavy atom. The molecule has 2 heteroatoms. The fourth-order valence-electron chi connectivity index (χ4n) is 1.73. The van der Waals surface area contributed by atoms with Crippen LogP contribution in [0.25, 0.3) is 0 Å². The molecule has 1 fully saturated rings. The molecule has 1 unspecified atom stereocenters. The van der Waals surface area contributed by atoms with Crippen LogP contribution < -0.4 is 5.73 Å². The molecule has 0 saturated carbocycles. The summed E-state index contributed by atoms with van der Waals surface area (Å²) < 4.78 is 0. The van der Waals surface area contributed by atoms with Crippen molar-refractivity contribution >= 4 is 11.8 Å². The summed E-state index contributed by atoms with van der Waals surface area (Å²) in [5, 5.41) is 0. The molecular formula is C11H19NS. The Morgan fingerprint density at radius 3 is 2.77 bits per heavy atom. The molecule has 0 aromatic carbocycles. The third-order valence-electron chi connectivity index (χ3n) is 2.52. The van der Waals surface area contributed by atoms with Crippen molar-refractivity contribution in [3.8, 4) is 11.8 Å². The fraction of sp³-hybridized carbons (Fsp3) is 0.818. The molecule has 1 atom stereocenters. The average Bonchev–Trinajstić information content (AvgIpc) is 2.16. The first-order valence-corrected chi connectivity index (χ1v) is 6.21. The van der Waals surface area contributed by atoms with Gasteiger partial charge in [-0.2, -0.15) is 11.8 Å². The monoisotopic (exact) mass is 197 g/mol. The van der Waals surface area contributed by atoms with E-state index in [2.05, 4.69) is 23.6 Å². The van der Waals surface area contributed by atoms with Gasteiger partial charge in [0.1, 0.15) is 0 Å². The summed E-state index contributed by atoms with van der Waals surface area (Å²) in [6.45, 7) is 1.88. The van der Waals surface area contributed by atoms with Gasteiger partial charge in [0.2, 0.25) is 0 Å². The Labute approximate surface area is 85.8 Å². The van der Waals surface area contributed by atoms with Gasteiger partial charge in [0.25, 0.3) is 0 Å². The zero-order valence-electron chi connectivity index (χ0n) is 8.38. The van der Waals surface area contributed by atoms with Crippen LogP contribution in [0.3, 0.4) is 0 Å². The van der Waals surface area contributed by atoms with Crippen LogP contribution in [0.5, 0.6) is 0 Å². The molecule has 1 nitrogen and oxygen atoms in total. The lowest BCUT2D eigenvalue weighted by Crippen LogP contribution is -2.25. The molecule has 2 N–H and O–H groups in total. The van der Waals surface area contributed by atoms with Crippen molar-refractivity contribution in [1.82, 2.24) is 0 Å². The van der Waals surface area contributed by atoms with E-state index in [1.165, 1.54) is 30.8 Å². The normalized spacial score (nSPS) is 20.5. The summed E-state index contributed by atoms with van der Waals surface area (Å²) in [4.78, 5) is 0. The highest BCUT2D eigenvalue weighted by Crippen LogP contribution is 2.26. The van der Waals surface area contributed by atoms with Gasteiger partial charge in [0.15, 0.2) is 0 Å². The Balaban J connectivity index is 2.16. The minimum atomic E-state index is 0.306. The molecule has 74 valence electrons. The molecule has 1 aliphatic rings. The van der Waals surface area contributed by atoms with Crippen LogP contribution in [0.15, 0.2) is 0 Å². The molecule has 1 rings (SSSR count). The summed E-state index contributed by atoms with van der Waals surface area (Å²) in [7, 11) is 0. The van der Waals surface area contributed by atoms with E-state index in [0.717, 1.165) is 12.3 Å². The number of nitrogens with two attached hydrogens (primary N) is 1. The maximum Gasteiger partial charge on any atom is 0.0241 e. The van der Waals surface area contributed by atoms with Crippen molar-refractivity contribution in [2.24, 2.45) is 11.7 Å². The molecule has 1 saturated heterocycles. The highest BCUT2D eigenvalue weighted by Gasteiger charge is 2.16. The van der Waals surface area contributed by atoms with E-state index in [-0.39, 0.29) is 0 Å². The highest BCUT2D eigenvalue weighted by atomic mass is 32.2. The van der Waals surface area contributed by atoms with E-state index < -0.39 is 0 Å². The first kappa shape index (κ1) is 10.9. The molecule has 0 radical (unpaired) electrons. The van der Waals surface area contributed by atoms with Gasteiger partial charge in [-0.05, 0) is 43.6 Å². The Bertz CT molecular complexity index is 186. The maximum absolute atomic E-state index is 5.98. The quantitative estimate of drug-likeness (QED) is 0.702. The first-order chi connectivity index (χ1) is 6.33. The molecular weight excluding hydrogens is 178 g/mol. The van der Waals surface area contributed by atoms with Crippen molar-refractivity contribution < 1.29 is 0 Å². The maximum atomic E-state index is 5.98. The van der Waals surface area contributed by atoms with Gasteiger partial charge in [-0.3, -0.25) is 0 Å². The second-order valence-corrected chi connectivity index (χ2v) is 4.91. The zero-order valence-corrected chi connectivity index (χ0v) is 9.20. The lowest BCUT2D eigenvalue weighted by Gasteiger charge is -2.23. The Kier molecular flexibility index (Phi) is 5.34. The van der Waals surface area contributed by atoms with Gasteiger partial charge >= 0.3 is 0 Å². The number of thioether (sulfide) groups is 1. The predicted molar refractivity (Wildman–Crippen MR) is 60.7 cm³/mol. The van der Waals surface area contributed by atoms with Crippen molar-refractivity contribution in [3.63, 3.8) is 0 Å². The van der Waals surface area contributed by atoms with Crippen LogP contribution in [-0.4, -0.2) is 17.5 Å². The van der Waals surface area contributed by atoms with Crippen LogP contribution in [0, 0.1) is 17.8 Å². The van der Waals surface area contributed by atoms with Crippen LogP contribution in [0.1, 0.15) is 32.6 Å². The van der Waals surface area contributed by atoms with E-state index in [4.69, 9.17) is 5.73 Å². The smallest absolute Gasteiger partial charge is 0.0241 e. The van der Waals surface area contributed by atoms with Gasteiger partial charge in [-0.25, -0.2) is 0 Å². The highest BCUT2D eigenvalue weighted by molar-refractivity contribution is 7.99. The third kappa shape index (κ3) is 4.59. The van der Waals surface area contributed by atoms with Crippen LogP contribution >= 0.6 is 11.8 Å². The summed E-state index contributed by atoms with van der Waals surface area (Å²) in [6, 6.07) is 0.306. The molecule has 0 aliphatic carbocycles. The Hall–Kier alpha value is -0.130. The van der Waals surface area contributed by atoms with E-state index in [0.29, 0.717) is 6.04 Å². The molecule has 1 heterocycles. The van der Waals surface area contributed by atoms with Crippen LogP contribution in [-0.2, 0) is 0 Å². The lowest BCUT2D eigenvalue weighted by molar-refractivity contribution is 0.410. The topological polar surface area (TPSA) is 26.0 Å². The summed E-state index contributed by atoms with van der Waals surface area (Å²) >= 11 is 2.07. The number of hydrogen-bond donors (Lipinski definition) is 1. The van der Waals surface area contributed by atoms with E-state index in [9.17, 15) is 0 Å². The summed E-state index contributed by atoms with van der Waals surface area (Å²) in [5.41, 5.74) is 5.98. The summed E-state index contributed by atoms with van der Waals surface area (Å²) in [6.07, 6.45) is 4.77. The van der Waals surface area contributed by atoms with E-state index in [1.807, 2.05) is 6.92 Å². The number of rotatable bonds is 3. The molecule has 0 spiro atoms. The second-order valence-electron chi connectivity index (χ2n) is 3.68. The average molecular weight is 197 g/mol. The lowest BCUT2D eigenvalue weighted by atomic mass is 9.93. The van der Waals surface area contributed by atoms with Gasteiger partial charge in [0.05, 0.1) is 0 Å². The molecule has 13 heavy (non-hydrogen) atoms. The molecule has 0 aromatic heterocycles. The van der Waals surface area contributed by atoms with Gasteiger partial charge in [-0.1, -0.05) is 0 Å². The summed E-state index contributed by atoms with van der Waals surface area (Å²) in [5.74, 6) is 9.49. The van der Waals surface area contributed by atoms with Gasteiger partial charge in [-0.15, -0.1) is 11.8 Å². The van der Waals surface area contributed by atoms with Crippen molar-refractivity contribution in [2.75, 3.05) is 11.5 Å². The van der Waals surface area contributed by atoms with Crippen molar-refractivity contribution in [3.05, 3.63) is 0 Å². The van der Waals surface area contributed by atoms with Gasteiger partial charge < -0.3 is 5.73 Å². The number of hydrogen-bond acceptors (Lipinski definition) is 2. The standard InChI is InChI=1S/C11H19NS/c1-2-3-4-11(12)9-10-5-7-13-8-6-10/h10-11H,4-9,12H2,1H3. The van der Waals surface area contributed by atoms with Crippen LogP contribution in [0.4, 0.5) is 0 Å².